The van der Waals surface area contributed by atoms with Crippen molar-refractivity contribution in [3.63, 3.8) is 0 Å². The number of rotatable bonds is 4. The zero-order chi connectivity index (χ0) is 22.2. The molecule has 0 bridgehead atoms. The third-order valence-electron chi connectivity index (χ3n) is 5.12. The zero-order valence-corrected chi connectivity index (χ0v) is 17.5. The van der Waals surface area contributed by atoms with E-state index >= 15 is 0 Å². The van der Waals surface area contributed by atoms with Crippen molar-refractivity contribution in [2.45, 2.75) is 6.54 Å². The standard InChI is InChI=1S/C23H15ClFN5O2/c1-32-23(31)16-5-4-14(10-17(16)24)19-6-7-20-22(27-19)30(29-28-20)12-15-9-13-3-2-8-26-21(13)11-18(15)25/h2-11H,12H2,1H3. The van der Waals surface area contributed by atoms with Crippen molar-refractivity contribution >= 4 is 39.6 Å². The molecule has 2 aromatic carbocycles. The van der Waals surface area contributed by atoms with Crippen LogP contribution < -0.4 is 0 Å². The summed E-state index contributed by atoms with van der Waals surface area (Å²) in [4.78, 5) is 20.6. The number of pyridine rings is 2. The number of halogens is 2. The molecule has 5 aromatic rings. The quantitative estimate of drug-likeness (QED) is 0.372. The second-order valence-corrected chi connectivity index (χ2v) is 7.52. The molecule has 0 amide bonds. The molecule has 0 aliphatic carbocycles. The fraction of sp³-hybridized carbons (Fsp3) is 0.0870. The lowest BCUT2D eigenvalue weighted by atomic mass is 10.1. The topological polar surface area (TPSA) is 82.8 Å². The lowest BCUT2D eigenvalue weighted by Gasteiger charge is -2.08. The number of methoxy groups -OCH3 is 1. The third-order valence-corrected chi connectivity index (χ3v) is 5.43. The molecule has 7 nitrogen and oxygen atoms in total. The molecule has 0 unspecified atom stereocenters. The predicted octanol–water partition coefficient (Wildman–Crippen LogP) is 4.67. The molecule has 5 rings (SSSR count). The van der Waals surface area contributed by atoms with Crippen LogP contribution >= 0.6 is 11.6 Å². The Morgan fingerprint density at radius 3 is 2.81 bits per heavy atom. The summed E-state index contributed by atoms with van der Waals surface area (Å²) < 4.78 is 20.9. The number of carbonyl (C=O) groups is 1. The highest BCUT2D eigenvalue weighted by Gasteiger charge is 2.15. The van der Waals surface area contributed by atoms with Crippen molar-refractivity contribution in [1.29, 1.82) is 0 Å². The number of fused-ring (bicyclic) bond motifs is 2. The Morgan fingerprint density at radius 2 is 2.00 bits per heavy atom. The van der Waals surface area contributed by atoms with Gasteiger partial charge < -0.3 is 4.74 Å². The van der Waals surface area contributed by atoms with Crippen LogP contribution in [-0.4, -0.2) is 38.0 Å². The number of hydrogen-bond donors (Lipinski definition) is 0. The number of hydrogen-bond acceptors (Lipinski definition) is 6. The number of esters is 1. The van der Waals surface area contributed by atoms with Crippen molar-refractivity contribution in [1.82, 2.24) is 25.0 Å². The van der Waals surface area contributed by atoms with Crippen molar-refractivity contribution in [2.24, 2.45) is 0 Å². The van der Waals surface area contributed by atoms with Crippen LogP contribution in [0.2, 0.25) is 5.02 Å². The molecule has 0 saturated carbocycles. The Morgan fingerprint density at radius 1 is 1.12 bits per heavy atom. The summed E-state index contributed by atoms with van der Waals surface area (Å²) in [5.74, 6) is -0.888. The number of benzene rings is 2. The van der Waals surface area contributed by atoms with Gasteiger partial charge in [0.05, 0.1) is 35.5 Å². The van der Waals surface area contributed by atoms with E-state index in [0.717, 1.165) is 5.39 Å². The molecule has 3 aromatic heterocycles. The molecular formula is C23H15ClFN5O2. The van der Waals surface area contributed by atoms with E-state index in [1.54, 1.807) is 53.3 Å². The summed E-state index contributed by atoms with van der Waals surface area (Å²) in [5.41, 5.74) is 3.71. The molecule has 0 fully saturated rings. The molecule has 0 aliphatic heterocycles. The summed E-state index contributed by atoms with van der Waals surface area (Å²) in [6.45, 7) is 0.158. The van der Waals surface area contributed by atoms with E-state index in [1.165, 1.54) is 13.2 Å². The first-order valence-corrected chi connectivity index (χ1v) is 10.0. The number of nitrogens with zero attached hydrogens (tertiary/aromatic N) is 5. The normalized spacial score (nSPS) is 11.2. The summed E-state index contributed by atoms with van der Waals surface area (Å²) in [5, 5.41) is 9.38. The van der Waals surface area contributed by atoms with Gasteiger partial charge in [-0.05, 0) is 36.4 Å². The number of carbonyl (C=O) groups excluding carboxylic acids is 1. The highest BCUT2D eigenvalue weighted by Crippen LogP contribution is 2.27. The average molecular weight is 448 g/mol. The molecule has 0 radical (unpaired) electrons. The van der Waals surface area contributed by atoms with Crippen LogP contribution in [0.5, 0.6) is 0 Å². The van der Waals surface area contributed by atoms with Gasteiger partial charge in [0.15, 0.2) is 5.65 Å². The van der Waals surface area contributed by atoms with Crippen LogP contribution in [0, 0.1) is 5.82 Å². The van der Waals surface area contributed by atoms with Crippen LogP contribution in [0.3, 0.4) is 0 Å². The Balaban J connectivity index is 1.53. The van der Waals surface area contributed by atoms with Crippen LogP contribution in [0.25, 0.3) is 33.3 Å². The molecule has 32 heavy (non-hydrogen) atoms. The molecular weight excluding hydrogens is 433 g/mol. The smallest absolute Gasteiger partial charge is 0.339 e. The first kappa shape index (κ1) is 20.0. The summed E-state index contributed by atoms with van der Waals surface area (Å²) >= 11 is 6.25. The summed E-state index contributed by atoms with van der Waals surface area (Å²) in [7, 11) is 1.30. The van der Waals surface area contributed by atoms with E-state index in [4.69, 9.17) is 16.3 Å². The van der Waals surface area contributed by atoms with Gasteiger partial charge in [-0.1, -0.05) is 28.9 Å². The van der Waals surface area contributed by atoms with Gasteiger partial charge in [-0.3, -0.25) is 4.98 Å². The van der Waals surface area contributed by atoms with Crippen LogP contribution in [0.4, 0.5) is 4.39 Å². The van der Waals surface area contributed by atoms with Gasteiger partial charge in [-0.25, -0.2) is 18.9 Å². The van der Waals surface area contributed by atoms with Crippen LogP contribution in [0.1, 0.15) is 15.9 Å². The van der Waals surface area contributed by atoms with E-state index < -0.39 is 5.97 Å². The highest BCUT2D eigenvalue weighted by atomic mass is 35.5. The van der Waals surface area contributed by atoms with Gasteiger partial charge in [0.25, 0.3) is 0 Å². The third kappa shape index (κ3) is 3.54. The average Bonchev–Trinajstić information content (AvgIpc) is 3.21. The first-order valence-electron chi connectivity index (χ1n) is 9.65. The Bertz CT molecular complexity index is 1500. The van der Waals surface area contributed by atoms with Crippen LogP contribution in [-0.2, 0) is 11.3 Å². The van der Waals surface area contributed by atoms with E-state index in [0.29, 0.717) is 33.5 Å². The first-order chi connectivity index (χ1) is 15.5. The van der Waals surface area contributed by atoms with E-state index in [2.05, 4.69) is 20.3 Å². The number of aromatic nitrogens is 5. The summed E-state index contributed by atoms with van der Waals surface area (Å²) in [6, 6.07) is 15.4. The van der Waals surface area contributed by atoms with Gasteiger partial charge in [0.1, 0.15) is 11.3 Å². The largest absolute Gasteiger partial charge is 0.465 e. The van der Waals surface area contributed by atoms with E-state index in [1.807, 2.05) is 6.07 Å². The van der Waals surface area contributed by atoms with Crippen molar-refractivity contribution in [2.75, 3.05) is 7.11 Å². The Kier molecular flexibility index (Phi) is 4.99. The molecule has 0 atom stereocenters. The van der Waals surface area contributed by atoms with Gasteiger partial charge >= 0.3 is 5.97 Å². The van der Waals surface area contributed by atoms with E-state index in [-0.39, 0.29) is 22.9 Å². The molecule has 0 aliphatic rings. The molecule has 158 valence electrons. The second kappa shape index (κ2) is 7.97. The van der Waals surface area contributed by atoms with Gasteiger partial charge in [-0.2, -0.15) is 0 Å². The zero-order valence-electron chi connectivity index (χ0n) is 16.8. The van der Waals surface area contributed by atoms with Crippen molar-refractivity contribution in [3.8, 4) is 11.3 Å². The highest BCUT2D eigenvalue weighted by molar-refractivity contribution is 6.33. The fourth-order valence-corrected chi connectivity index (χ4v) is 3.75. The minimum Gasteiger partial charge on any atom is -0.465 e. The fourth-order valence-electron chi connectivity index (χ4n) is 3.50. The Labute approximate surface area is 186 Å². The van der Waals surface area contributed by atoms with Gasteiger partial charge in [0.2, 0.25) is 0 Å². The molecule has 9 heteroatoms. The monoisotopic (exact) mass is 447 g/mol. The maximum absolute atomic E-state index is 14.7. The van der Waals surface area contributed by atoms with Crippen LogP contribution in [0.15, 0.2) is 60.8 Å². The second-order valence-electron chi connectivity index (χ2n) is 7.11. The predicted molar refractivity (Wildman–Crippen MR) is 118 cm³/mol. The van der Waals surface area contributed by atoms with Crippen molar-refractivity contribution in [3.05, 3.63) is 82.8 Å². The van der Waals surface area contributed by atoms with Crippen molar-refractivity contribution < 1.29 is 13.9 Å². The number of ether oxygens (including phenoxy) is 1. The maximum atomic E-state index is 14.7. The molecule has 3 heterocycles. The minimum atomic E-state index is -0.514. The summed E-state index contributed by atoms with van der Waals surface area (Å²) in [6.07, 6.45) is 1.63. The minimum absolute atomic E-state index is 0.158. The lowest BCUT2D eigenvalue weighted by Crippen LogP contribution is -2.05. The molecule has 0 spiro atoms. The SMILES string of the molecule is COC(=O)c1ccc(-c2ccc3nnn(Cc4cc5cccnc5cc4F)c3n2)cc1Cl. The van der Waals surface area contributed by atoms with Gasteiger partial charge in [0, 0.05) is 28.8 Å². The molecule has 0 N–H and O–H groups in total. The Hall–Kier alpha value is -3.91. The lowest BCUT2D eigenvalue weighted by molar-refractivity contribution is 0.0601. The molecule has 0 saturated heterocycles. The van der Waals surface area contributed by atoms with E-state index in [9.17, 15) is 9.18 Å². The van der Waals surface area contributed by atoms with Gasteiger partial charge in [-0.15, -0.1) is 5.10 Å². The maximum Gasteiger partial charge on any atom is 0.339 e.